The number of hydrogen-bond acceptors (Lipinski definition) is 2. The lowest BCUT2D eigenvalue weighted by molar-refractivity contribution is -0.313. The summed E-state index contributed by atoms with van der Waals surface area (Å²) in [5.74, 6) is -5.08. The number of aliphatic hydroxyl groups is 1. The standard InChI is InChI=1S/C5H8F5NO/c6-4(7,5(8,9)10)3(12)1-2-11/h3,12H,1-2,11H2/t3-/m1/s1. The summed E-state index contributed by atoms with van der Waals surface area (Å²) in [7, 11) is 0. The molecule has 2 nitrogen and oxygen atoms in total. The Balaban J connectivity index is 4.38. The third-order valence-electron chi connectivity index (χ3n) is 1.24. The zero-order chi connectivity index (χ0) is 9.99. The summed E-state index contributed by atoms with van der Waals surface area (Å²) < 4.78 is 58.5. The summed E-state index contributed by atoms with van der Waals surface area (Å²) in [6.07, 6.45) is -9.27. The van der Waals surface area contributed by atoms with Gasteiger partial charge in [0.2, 0.25) is 0 Å². The Morgan fingerprint density at radius 1 is 1.17 bits per heavy atom. The van der Waals surface area contributed by atoms with Crippen LogP contribution in [-0.4, -0.2) is 29.9 Å². The average molecular weight is 193 g/mol. The van der Waals surface area contributed by atoms with Gasteiger partial charge in [-0.15, -0.1) is 0 Å². The highest BCUT2D eigenvalue weighted by Gasteiger charge is 2.61. The molecular formula is C5H8F5NO. The number of rotatable bonds is 3. The average Bonchev–Trinajstić information content (AvgIpc) is 1.85. The molecule has 0 aliphatic rings. The smallest absolute Gasteiger partial charge is 0.386 e. The van der Waals surface area contributed by atoms with Gasteiger partial charge in [0.15, 0.2) is 0 Å². The molecule has 0 radical (unpaired) electrons. The van der Waals surface area contributed by atoms with Crippen molar-refractivity contribution in [3.05, 3.63) is 0 Å². The molecule has 0 rings (SSSR count). The van der Waals surface area contributed by atoms with E-state index in [1.807, 2.05) is 0 Å². The van der Waals surface area contributed by atoms with E-state index >= 15 is 0 Å². The fourth-order valence-electron chi connectivity index (χ4n) is 0.528. The molecule has 7 heteroatoms. The molecule has 0 spiro atoms. The maximum Gasteiger partial charge on any atom is 0.456 e. The van der Waals surface area contributed by atoms with E-state index in [-0.39, 0.29) is 0 Å². The zero-order valence-electron chi connectivity index (χ0n) is 5.91. The van der Waals surface area contributed by atoms with E-state index in [1.54, 1.807) is 0 Å². The van der Waals surface area contributed by atoms with E-state index in [2.05, 4.69) is 0 Å². The largest absolute Gasteiger partial charge is 0.456 e. The Morgan fingerprint density at radius 2 is 1.58 bits per heavy atom. The molecule has 0 bridgehead atoms. The van der Waals surface area contributed by atoms with E-state index in [9.17, 15) is 22.0 Å². The van der Waals surface area contributed by atoms with Crippen molar-refractivity contribution in [1.29, 1.82) is 0 Å². The molecule has 0 amide bonds. The van der Waals surface area contributed by atoms with Gasteiger partial charge in [0.1, 0.15) is 6.10 Å². The highest BCUT2D eigenvalue weighted by molar-refractivity contribution is 4.83. The Hall–Kier alpha value is -0.430. The third-order valence-corrected chi connectivity index (χ3v) is 1.24. The topological polar surface area (TPSA) is 46.2 Å². The van der Waals surface area contributed by atoms with Crippen LogP contribution in [0, 0.1) is 0 Å². The Labute approximate surface area is 65.2 Å². The lowest BCUT2D eigenvalue weighted by atomic mass is 10.1. The van der Waals surface area contributed by atoms with Crippen molar-refractivity contribution >= 4 is 0 Å². The molecule has 0 aromatic rings. The van der Waals surface area contributed by atoms with Gasteiger partial charge in [0, 0.05) is 0 Å². The van der Waals surface area contributed by atoms with E-state index in [0.29, 0.717) is 0 Å². The molecule has 0 heterocycles. The summed E-state index contributed by atoms with van der Waals surface area (Å²) in [5.41, 5.74) is 4.71. The monoisotopic (exact) mass is 193 g/mol. The maximum absolute atomic E-state index is 12.1. The predicted octanol–water partition coefficient (Wildman–Crippen LogP) is 0.894. The van der Waals surface area contributed by atoms with Gasteiger partial charge in [-0.2, -0.15) is 22.0 Å². The first-order chi connectivity index (χ1) is 5.23. The van der Waals surface area contributed by atoms with Crippen molar-refractivity contribution in [3.8, 4) is 0 Å². The van der Waals surface area contributed by atoms with Gasteiger partial charge in [-0.05, 0) is 13.0 Å². The second kappa shape index (κ2) is 3.53. The van der Waals surface area contributed by atoms with Crippen LogP contribution in [0.4, 0.5) is 22.0 Å². The summed E-state index contributed by atoms with van der Waals surface area (Å²) in [4.78, 5) is 0. The molecule has 0 saturated carbocycles. The van der Waals surface area contributed by atoms with Gasteiger partial charge < -0.3 is 10.8 Å². The van der Waals surface area contributed by atoms with Crippen molar-refractivity contribution in [3.63, 3.8) is 0 Å². The van der Waals surface area contributed by atoms with Crippen LogP contribution in [-0.2, 0) is 0 Å². The number of alkyl halides is 5. The summed E-state index contributed by atoms with van der Waals surface area (Å²) in [6, 6.07) is 0. The SMILES string of the molecule is NCC[C@@H](O)C(F)(F)C(F)(F)F. The van der Waals surface area contributed by atoms with Gasteiger partial charge >= 0.3 is 12.1 Å². The number of hydrogen-bond donors (Lipinski definition) is 2. The fourth-order valence-corrected chi connectivity index (χ4v) is 0.528. The van der Waals surface area contributed by atoms with Crippen LogP contribution in [0.2, 0.25) is 0 Å². The van der Waals surface area contributed by atoms with Crippen molar-refractivity contribution < 1.29 is 27.1 Å². The first-order valence-corrected chi connectivity index (χ1v) is 3.06. The third kappa shape index (κ3) is 2.28. The van der Waals surface area contributed by atoms with Gasteiger partial charge in [-0.1, -0.05) is 0 Å². The van der Waals surface area contributed by atoms with Crippen LogP contribution in [0.3, 0.4) is 0 Å². The van der Waals surface area contributed by atoms with E-state index in [4.69, 9.17) is 10.8 Å². The summed E-state index contributed by atoms with van der Waals surface area (Å²) in [5, 5.41) is 8.36. The predicted molar refractivity (Wildman–Crippen MR) is 30.7 cm³/mol. The molecule has 0 fully saturated rings. The zero-order valence-corrected chi connectivity index (χ0v) is 5.91. The highest BCUT2D eigenvalue weighted by Crippen LogP contribution is 2.38. The van der Waals surface area contributed by atoms with Gasteiger partial charge in [-0.25, -0.2) is 0 Å². The van der Waals surface area contributed by atoms with Crippen LogP contribution in [0.15, 0.2) is 0 Å². The molecule has 74 valence electrons. The Bertz CT molecular complexity index is 145. The lowest BCUT2D eigenvalue weighted by Crippen LogP contribution is -2.47. The first kappa shape index (κ1) is 11.6. The second-order valence-corrected chi connectivity index (χ2v) is 2.21. The van der Waals surface area contributed by atoms with Crippen molar-refractivity contribution in [2.45, 2.75) is 24.6 Å². The van der Waals surface area contributed by atoms with Crippen LogP contribution in [0.1, 0.15) is 6.42 Å². The molecule has 3 N–H and O–H groups in total. The van der Waals surface area contributed by atoms with E-state index in [1.165, 1.54) is 0 Å². The van der Waals surface area contributed by atoms with Crippen LogP contribution in [0.25, 0.3) is 0 Å². The lowest BCUT2D eigenvalue weighted by Gasteiger charge is -2.24. The van der Waals surface area contributed by atoms with Gasteiger partial charge in [0.25, 0.3) is 0 Å². The Kier molecular flexibility index (Phi) is 3.40. The quantitative estimate of drug-likeness (QED) is 0.654. The molecule has 0 unspecified atom stereocenters. The molecule has 0 aromatic heterocycles. The maximum atomic E-state index is 12.1. The van der Waals surface area contributed by atoms with Crippen LogP contribution < -0.4 is 5.73 Å². The minimum absolute atomic E-state index is 0.424. The summed E-state index contributed by atoms with van der Waals surface area (Å²) >= 11 is 0. The fraction of sp³-hybridized carbons (Fsp3) is 1.00. The molecule has 12 heavy (non-hydrogen) atoms. The second-order valence-electron chi connectivity index (χ2n) is 2.21. The number of halogens is 5. The normalized spacial score (nSPS) is 16.2. The van der Waals surface area contributed by atoms with Crippen molar-refractivity contribution in [2.75, 3.05) is 6.54 Å². The number of aliphatic hydroxyl groups excluding tert-OH is 1. The molecule has 0 aliphatic carbocycles. The van der Waals surface area contributed by atoms with Crippen LogP contribution >= 0.6 is 0 Å². The Morgan fingerprint density at radius 3 is 1.83 bits per heavy atom. The van der Waals surface area contributed by atoms with Gasteiger partial charge in [-0.3, -0.25) is 0 Å². The summed E-state index contributed by atoms with van der Waals surface area (Å²) in [6.45, 7) is -0.424. The number of nitrogens with two attached hydrogens (primary N) is 1. The van der Waals surface area contributed by atoms with Crippen molar-refractivity contribution in [2.24, 2.45) is 5.73 Å². The molecule has 0 saturated heterocycles. The molecule has 0 aromatic carbocycles. The first-order valence-electron chi connectivity index (χ1n) is 3.06. The van der Waals surface area contributed by atoms with E-state index < -0.39 is 31.2 Å². The molecule has 1 atom stereocenters. The highest BCUT2D eigenvalue weighted by atomic mass is 19.4. The van der Waals surface area contributed by atoms with Crippen molar-refractivity contribution in [1.82, 2.24) is 0 Å². The van der Waals surface area contributed by atoms with E-state index in [0.717, 1.165) is 0 Å². The molecular weight excluding hydrogens is 185 g/mol. The van der Waals surface area contributed by atoms with Crippen LogP contribution in [0.5, 0.6) is 0 Å². The minimum atomic E-state index is -5.72. The minimum Gasteiger partial charge on any atom is -0.386 e. The molecule has 0 aliphatic heterocycles. The van der Waals surface area contributed by atoms with Gasteiger partial charge in [0.05, 0.1) is 0 Å².